The van der Waals surface area contributed by atoms with Gasteiger partial charge in [0.15, 0.2) is 6.29 Å². The zero-order valence-electron chi connectivity index (χ0n) is 7.67. The normalized spacial score (nSPS) is 10.3. The van der Waals surface area contributed by atoms with E-state index >= 15 is 0 Å². The maximum absolute atomic E-state index is 11.2. The van der Waals surface area contributed by atoms with Gasteiger partial charge in [-0.1, -0.05) is 6.07 Å². The Morgan fingerprint density at radius 2 is 2.29 bits per heavy atom. The lowest BCUT2D eigenvalue weighted by molar-refractivity contribution is -0.0459. The molecule has 0 bridgehead atoms. The number of esters is 1. The van der Waals surface area contributed by atoms with Crippen molar-refractivity contribution in [2.45, 2.75) is 13.2 Å². The average molecular weight is 197 g/mol. The number of hydrogen-bond acceptors (Lipinski definition) is 5. The molecule has 1 rings (SSSR count). The van der Waals surface area contributed by atoms with Gasteiger partial charge in [0.1, 0.15) is 5.69 Å². The second kappa shape index (κ2) is 4.69. The standard InChI is InChI=1S/C9H11NO4/c1-2-14-9(13)7-5-3-4-6(10-7)8(11)12/h3-5,8,11-12H,2H2,1H3. The van der Waals surface area contributed by atoms with E-state index in [0.717, 1.165) is 0 Å². The van der Waals surface area contributed by atoms with Gasteiger partial charge in [-0.3, -0.25) is 0 Å². The number of aliphatic hydroxyl groups is 2. The maximum atomic E-state index is 11.2. The first-order valence-corrected chi connectivity index (χ1v) is 4.15. The summed E-state index contributed by atoms with van der Waals surface area (Å²) in [5.41, 5.74) is 0.0907. The van der Waals surface area contributed by atoms with Crippen LogP contribution in [0.1, 0.15) is 29.4 Å². The maximum Gasteiger partial charge on any atom is 0.356 e. The molecule has 5 nitrogen and oxygen atoms in total. The third-order valence-corrected chi connectivity index (χ3v) is 1.52. The highest BCUT2D eigenvalue weighted by atomic mass is 16.5. The van der Waals surface area contributed by atoms with Gasteiger partial charge in [-0.2, -0.15) is 0 Å². The molecule has 0 saturated carbocycles. The predicted molar refractivity (Wildman–Crippen MR) is 47.4 cm³/mol. The van der Waals surface area contributed by atoms with Gasteiger partial charge in [-0.15, -0.1) is 0 Å². The van der Waals surface area contributed by atoms with Crippen LogP contribution in [0.4, 0.5) is 0 Å². The molecule has 0 atom stereocenters. The zero-order chi connectivity index (χ0) is 10.6. The van der Waals surface area contributed by atoms with E-state index in [4.69, 9.17) is 14.9 Å². The first-order chi connectivity index (χ1) is 6.65. The number of carbonyl (C=O) groups is 1. The Bertz CT molecular complexity index is 324. The van der Waals surface area contributed by atoms with Gasteiger partial charge in [-0.05, 0) is 19.1 Å². The van der Waals surface area contributed by atoms with Crippen molar-refractivity contribution in [2.24, 2.45) is 0 Å². The van der Waals surface area contributed by atoms with Crippen molar-refractivity contribution >= 4 is 5.97 Å². The molecule has 0 aliphatic rings. The van der Waals surface area contributed by atoms with Crippen LogP contribution in [0.2, 0.25) is 0 Å². The third kappa shape index (κ3) is 2.51. The first kappa shape index (κ1) is 10.6. The molecular weight excluding hydrogens is 186 g/mol. The van der Waals surface area contributed by atoms with Gasteiger partial charge < -0.3 is 14.9 Å². The number of aliphatic hydroxyl groups excluding tert-OH is 1. The largest absolute Gasteiger partial charge is 0.461 e. The zero-order valence-corrected chi connectivity index (χ0v) is 7.67. The summed E-state index contributed by atoms with van der Waals surface area (Å²) in [6.45, 7) is 1.94. The van der Waals surface area contributed by atoms with Gasteiger partial charge in [0.2, 0.25) is 0 Å². The highest BCUT2D eigenvalue weighted by molar-refractivity contribution is 5.87. The van der Waals surface area contributed by atoms with Gasteiger partial charge in [0.25, 0.3) is 0 Å². The molecule has 0 fully saturated rings. The summed E-state index contributed by atoms with van der Waals surface area (Å²) >= 11 is 0. The second-order valence-corrected chi connectivity index (χ2v) is 2.54. The minimum absolute atomic E-state index is 0.0237. The molecule has 0 amide bonds. The summed E-state index contributed by atoms with van der Waals surface area (Å²) in [6.07, 6.45) is -1.68. The van der Waals surface area contributed by atoms with Crippen LogP contribution < -0.4 is 0 Å². The number of hydrogen-bond donors (Lipinski definition) is 2. The fraction of sp³-hybridized carbons (Fsp3) is 0.333. The minimum Gasteiger partial charge on any atom is -0.461 e. The SMILES string of the molecule is CCOC(=O)c1cccc(C(O)O)n1. The molecule has 0 radical (unpaired) electrons. The van der Waals surface area contributed by atoms with Crippen molar-refractivity contribution < 1.29 is 19.7 Å². The Morgan fingerprint density at radius 3 is 2.86 bits per heavy atom. The van der Waals surface area contributed by atoms with Crippen LogP contribution in [0.15, 0.2) is 18.2 Å². The van der Waals surface area contributed by atoms with Crippen molar-refractivity contribution in [2.75, 3.05) is 6.61 Å². The fourth-order valence-corrected chi connectivity index (χ4v) is 0.914. The van der Waals surface area contributed by atoms with Crippen molar-refractivity contribution in [3.8, 4) is 0 Å². The van der Waals surface area contributed by atoms with Crippen LogP contribution in [0, 0.1) is 0 Å². The lowest BCUT2D eigenvalue weighted by Crippen LogP contribution is -2.09. The summed E-state index contributed by atoms with van der Waals surface area (Å²) in [7, 11) is 0. The number of pyridine rings is 1. The van der Waals surface area contributed by atoms with E-state index in [1.807, 2.05) is 0 Å². The Hall–Kier alpha value is -1.46. The van der Waals surface area contributed by atoms with Crippen LogP contribution in [0.3, 0.4) is 0 Å². The molecule has 0 aromatic carbocycles. The number of ether oxygens (including phenoxy) is 1. The van der Waals surface area contributed by atoms with Gasteiger partial charge >= 0.3 is 5.97 Å². The van der Waals surface area contributed by atoms with Crippen molar-refractivity contribution in [3.05, 3.63) is 29.6 Å². The average Bonchev–Trinajstić information content (AvgIpc) is 2.18. The molecule has 0 spiro atoms. The van der Waals surface area contributed by atoms with Crippen molar-refractivity contribution in [3.63, 3.8) is 0 Å². The lowest BCUT2D eigenvalue weighted by Gasteiger charge is -2.04. The van der Waals surface area contributed by atoms with Crippen LogP contribution in [0.5, 0.6) is 0 Å². The van der Waals surface area contributed by atoms with Gasteiger partial charge in [0, 0.05) is 0 Å². The van der Waals surface area contributed by atoms with E-state index in [9.17, 15) is 4.79 Å². The van der Waals surface area contributed by atoms with Crippen molar-refractivity contribution in [1.29, 1.82) is 0 Å². The summed E-state index contributed by atoms with van der Waals surface area (Å²) in [4.78, 5) is 14.9. The molecule has 14 heavy (non-hydrogen) atoms. The van der Waals surface area contributed by atoms with Crippen LogP contribution in [-0.2, 0) is 4.74 Å². The minimum atomic E-state index is -1.68. The predicted octanol–water partition coefficient (Wildman–Crippen LogP) is 0.241. The first-order valence-electron chi connectivity index (χ1n) is 4.15. The summed E-state index contributed by atoms with van der Waals surface area (Å²) < 4.78 is 4.70. The Kier molecular flexibility index (Phi) is 3.55. The second-order valence-electron chi connectivity index (χ2n) is 2.54. The van der Waals surface area contributed by atoms with Gasteiger partial charge in [-0.25, -0.2) is 9.78 Å². The molecule has 1 aromatic rings. The fourth-order valence-electron chi connectivity index (χ4n) is 0.914. The van der Waals surface area contributed by atoms with Crippen LogP contribution in [0.25, 0.3) is 0 Å². The highest BCUT2D eigenvalue weighted by Crippen LogP contribution is 2.07. The van der Waals surface area contributed by atoms with E-state index in [-0.39, 0.29) is 18.0 Å². The molecule has 0 unspecified atom stereocenters. The molecule has 1 aromatic heterocycles. The number of nitrogens with zero attached hydrogens (tertiary/aromatic N) is 1. The summed E-state index contributed by atoms with van der Waals surface area (Å²) in [6, 6.07) is 4.37. The summed E-state index contributed by atoms with van der Waals surface area (Å²) in [5.74, 6) is -0.574. The van der Waals surface area contributed by atoms with E-state index in [0.29, 0.717) is 0 Å². The molecule has 0 aliphatic heterocycles. The smallest absolute Gasteiger partial charge is 0.356 e. The molecule has 0 aliphatic carbocycles. The van der Waals surface area contributed by atoms with E-state index < -0.39 is 12.3 Å². The Balaban J connectivity index is 2.88. The van der Waals surface area contributed by atoms with E-state index in [2.05, 4.69) is 4.98 Å². The molecule has 1 heterocycles. The monoisotopic (exact) mass is 197 g/mol. The van der Waals surface area contributed by atoms with E-state index in [1.165, 1.54) is 18.2 Å². The molecule has 76 valence electrons. The topological polar surface area (TPSA) is 79.7 Å². The van der Waals surface area contributed by atoms with Crippen LogP contribution in [-0.4, -0.2) is 27.8 Å². The quantitative estimate of drug-likeness (QED) is 0.536. The number of carbonyl (C=O) groups excluding carboxylic acids is 1. The number of rotatable bonds is 3. The molecule has 2 N–H and O–H groups in total. The number of aromatic nitrogens is 1. The molecular formula is C9H11NO4. The Labute approximate surface area is 81.0 Å². The van der Waals surface area contributed by atoms with E-state index in [1.54, 1.807) is 6.92 Å². The summed E-state index contributed by atoms with van der Waals surface area (Å²) in [5, 5.41) is 17.6. The third-order valence-electron chi connectivity index (χ3n) is 1.52. The van der Waals surface area contributed by atoms with Crippen molar-refractivity contribution in [1.82, 2.24) is 4.98 Å². The highest BCUT2D eigenvalue weighted by Gasteiger charge is 2.11. The van der Waals surface area contributed by atoms with Crippen LogP contribution >= 0.6 is 0 Å². The van der Waals surface area contributed by atoms with Gasteiger partial charge in [0.05, 0.1) is 12.3 Å². The molecule has 5 heteroatoms. The molecule has 0 saturated heterocycles. The lowest BCUT2D eigenvalue weighted by atomic mass is 10.3. The Morgan fingerprint density at radius 1 is 1.57 bits per heavy atom.